The maximum atomic E-state index is 13.0. The molecular weight excluding hydrogens is 360 g/mol. The predicted molar refractivity (Wildman–Crippen MR) is 119 cm³/mol. The number of allylic oxidation sites excluding steroid dienone is 1. The van der Waals surface area contributed by atoms with Crippen LogP contribution in [0.1, 0.15) is 63.0 Å². The molecule has 29 heavy (non-hydrogen) atoms. The van der Waals surface area contributed by atoms with Gasteiger partial charge in [-0.2, -0.15) is 0 Å². The third-order valence-corrected chi connectivity index (χ3v) is 6.44. The van der Waals surface area contributed by atoms with E-state index >= 15 is 0 Å². The number of urea groups is 1. The summed E-state index contributed by atoms with van der Waals surface area (Å²) in [7, 11) is 0. The first kappa shape index (κ1) is 20.1. The minimum absolute atomic E-state index is 0.0167. The quantitative estimate of drug-likeness (QED) is 0.765. The van der Waals surface area contributed by atoms with Gasteiger partial charge in [0, 0.05) is 39.1 Å². The maximum absolute atomic E-state index is 13.0. The number of aliphatic imine (C=N–C) groups is 1. The molecule has 1 aromatic rings. The molecule has 5 heteroatoms. The summed E-state index contributed by atoms with van der Waals surface area (Å²) < 4.78 is 0. The second kappa shape index (κ2) is 9.57. The number of fused-ring (bicyclic) bond motifs is 5. The van der Waals surface area contributed by atoms with Crippen molar-refractivity contribution in [2.75, 3.05) is 26.2 Å². The summed E-state index contributed by atoms with van der Waals surface area (Å²) in [6.07, 6.45) is 10.1. The molecule has 5 nitrogen and oxygen atoms in total. The Morgan fingerprint density at radius 2 is 1.93 bits per heavy atom. The largest absolute Gasteiger partial charge is 0.323 e. The van der Waals surface area contributed by atoms with Crippen LogP contribution in [0.25, 0.3) is 5.57 Å². The van der Waals surface area contributed by atoms with Crippen LogP contribution in [0.5, 0.6) is 0 Å². The van der Waals surface area contributed by atoms with Crippen LogP contribution in [0, 0.1) is 0 Å². The van der Waals surface area contributed by atoms with E-state index < -0.39 is 0 Å². The molecule has 0 radical (unpaired) electrons. The topological polar surface area (TPSA) is 47.9 Å². The SMILES string of the molecule is C/C1=C/CCN2CCN(CCC(=NC3CCCCC3)NC2=O)Cc2cccc1c2. The van der Waals surface area contributed by atoms with Gasteiger partial charge in [0.2, 0.25) is 0 Å². The van der Waals surface area contributed by atoms with Gasteiger partial charge >= 0.3 is 6.03 Å². The number of carbonyl (C=O) groups is 1. The average Bonchev–Trinajstić information content (AvgIpc) is 2.79. The van der Waals surface area contributed by atoms with Crippen LogP contribution in [0.3, 0.4) is 0 Å². The van der Waals surface area contributed by atoms with Gasteiger partial charge in [0.05, 0.1) is 6.04 Å². The first-order chi connectivity index (χ1) is 14.2. The van der Waals surface area contributed by atoms with Gasteiger partial charge in [-0.1, -0.05) is 49.6 Å². The van der Waals surface area contributed by atoms with Gasteiger partial charge < -0.3 is 4.90 Å². The first-order valence-corrected chi connectivity index (χ1v) is 11.3. The highest BCUT2D eigenvalue weighted by Crippen LogP contribution is 2.21. The first-order valence-electron chi connectivity index (χ1n) is 11.3. The molecule has 1 saturated carbocycles. The van der Waals surface area contributed by atoms with Gasteiger partial charge in [-0.15, -0.1) is 0 Å². The van der Waals surface area contributed by atoms with Gasteiger partial charge in [-0.25, -0.2) is 4.79 Å². The fourth-order valence-corrected chi connectivity index (χ4v) is 4.63. The second-order valence-electron chi connectivity index (χ2n) is 8.69. The van der Waals surface area contributed by atoms with Crippen LogP contribution >= 0.6 is 0 Å². The summed E-state index contributed by atoms with van der Waals surface area (Å²) in [5.74, 6) is 0.883. The fraction of sp³-hybridized carbons (Fsp3) is 0.583. The number of carbonyl (C=O) groups excluding carboxylic acids is 1. The van der Waals surface area contributed by atoms with Crippen LogP contribution in [-0.4, -0.2) is 53.9 Å². The second-order valence-corrected chi connectivity index (χ2v) is 8.69. The van der Waals surface area contributed by atoms with Crippen molar-refractivity contribution in [1.29, 1.82) is 0 Å². The zero-order valence-electron chi connectivity index (χ0n) is 17.7. The zero-order chi connectivity index (χ0) is 20.1. The Kier molecular flexibility index (Phi) is 6.65. The van der Waals surface area contributed by atoms with Crippen molar-refractivity contribution in [3.63, 3.8) is 0 Å². The predicted octanol–water partition coefficient (Wildman–Crippen LogP) is 4.44. The Morgan fingerprint density at radius 3 is 2.79 bits per heavy atom. The van der Waals surface area contributed by atoms with E-state index in [0.717, 1.165) is 64.2 Å². The van der Waals surface area contributed by atoms with E-state index in [0.29, 0.717) is 6.04 Å². The van der Waals surface area contributed by atoms with E-state index in [9.17, 15) is 4.79 Å². The van der Waals surface area contributed by atoms with Gasteiger partial charge in [0.1, 0.15) is 5.84 Å². The minimum Gasteiger partial charge on any atom is -0.323 e. The lowest BCUT2D eigenvalue weighted by atomic mass is 9.96. The Hall–Kier alpha value is -2.14. The molecule has 3 aliphatic rings. The van der Waals surface area contributed by atoms with E-state index in [4.69, 9.17) is 4.99 Å². The van der Waals surface area contributed by atoms with Gasteiger partial charge in [0.25, 0.3) is 0 Å². The van der Waals surface area contributed by atoms with Crippen molar-refractivity contribution >= 4 is 17.4 Å². The van der Waals surface area contributed by atoms with Gasteiger partial charge in [-0.3, -0.25) is 15.2 Å². The number of amides is 2. The molecule has 1 N–H and O–H groups in total. The molecule has 0 aromatic heterocycles. The number of hydrogen-bond acceptors (Lipinski definition) is 3. The van der Waals surface area contributed by atoms with Crippen LogP contribution in [-0.2, 0) is 6.54 Å². The average molecular weight is 395 g/mol. The van der Waals surface area contributed by atoms with Crippen LogP contribution < -0.4 is 5.32 Å². The van der Waals surface area contributed by atoms with E-state index in [1.54, 1.807) is 0 Å². The van der Waals surface area contributed by atoms with Crippen LogP contribution in [0.4, 0.5) is 4.79 Å². The van der Waals surface area contributed by atoms with E-state index in [1.807, 2.05) is 4.90 Å². The molecule has 1 aliphatic carbocycles. The van der Waals surface area contributed by atoms with Crippen LogP contribution in [0.2, 0.25) is 0 Å². The number of nitrogens with one attached hydrogen (secondary N) is 1. The van der Waals surface area contributed by atoms with Crippen molar-refractivity contribution in [2.45, 2.75) is 64.5 Å². The lowest BCUT2D eigenvalue weighted by Crippen LogP contribution is -2.44. The number of amidine groups is 1. The molecule has 1 unspecified atom stereocenters. The maximum Gasteiger partial charge on any atom is 0.322 e. The highest BCUT2D eigenvalue weighted by molar-refractivity contribution is 5.97. The summed E-state index contributed by atoms with van der Waals surface area (Å²) in [5, 5.41) is 3.17. The number of benzene rings is 1. The highest BCUT2D eigenvalue weighted by atomic mass is 16.2. The Morgan fingerprint density at radius 1 is 1.07 bits per heavy atom. The molecule has 1 atom stereocenters. The summed E-state index contributed by atoms with van der Waals surface area (Å²) in [5.41, 5.74) is 3.91. The summed E-state index contributed by atoms with van der Waals surface area (Å²) in [4.78, 5) is 22.4. The van der Waals surface area contributed by atoms with Gasteiger partial charge in [-0.05, 0) is 42.9 Å². The van der Waals surface area contributed by atoms with Crippen molar-refractivity contribution in [3.05, 3.63) is 41.5 Å². The van der Waals surface area contributed by atoms with E-state index in [1.165, 1.54) is 36.0 Å². The molecule has 2 aliphatic heterocycles. The molecule has 0 spiro atoms. The molecule has 156 valence electrons. The molecule has 1 saturated heterocycles. The van der Waals surface area contributed by atoms with Crippen molar-refractivity contribution in [1.82, 2.24) is 15.1 Å². The Labute approximate surface area is 174 Å². The van der Waals surface area contributed by atoms with Gasteiger partial charge in [0.15, 0.2) is 0 Å². The minimum atomic E-state index is 0.0167. The molecule has 1 aromatic carbocycles. The highest BCUT2D eigenvalue weighted by Gasteiger charge is 2.22. The third kappa shape index (κ3) is 5.47. The molecule has 2 fully saturated rings. The van der Waals surface area contributed by atoms with E-state index in [-0.39, 0.29) is 6.03 Å². The molecule has 2 amide bonds. The Bertz CT molecular complexity index is 779. The fourth-order valence-electron chi connectivity index (χ4n) is 4.63. The lowest BCUT2D eigenvalue weighted by Gasteiger charge is -2.26. The van der Waals surface area contributed by atoms with E-state index in [2.05, 4.69) is 47.5 Å². The zero-order valence-corrected chi connectivity index (χ0v) is 17.7. The Balaban J connectivity index is 1.59. The molecule has 2 heterocycles. The number of hydrogen-bond donors (Lipinski definition) is 1. The molecular formula is C24H34N4O. The number of nitrogens with zero attached hydrogens (tertiary/aromatic N) is 3. The lowest BCUT2D eigenvalue weighted by molar-refractivity contribution is 0.189. The standard InChI is InChI=1S/C24H34N4O/c1-19-7-6-13-28-16-15-27(18-20-8-5-9-21(19)17-20)14-12-23(26-24(28)29)25-22-10-3-2-4-11-22/h5,7-9,17,22H,2-4,6,10-16,18H2,1H3,(H,25,26,29)/b19-7-. The summed E-state index contributed by atoms with van der Waals surface area (Å²) in [6, 6.07) is 9.28. The summed E-state index contributed by atoms with van der Waals surface area (Å²) >= 11 is 0. The van der Waals surface area contributed by atoms with Crippen molar-refractivity contribution in [2.24, 2.45) is 4.99 Å². The van der Waals surface area contributed by atoms with Crippen molar-refractivity contribution in [3.8, 4) is 0 Å². The molecule has 4 rings (SSSR count). The molecule has 4 bridgehead atoms. The van der Waals surface area contributed by atoms with Crippen molar-refractivity contribution < 1.29 is 4.79 Å². The monoisotopic (exact) mass is 394 g/mol. The normalized spacial score (nSPS) is 27.7. The third-order valence-electron chi connectivity index (χ3n) is 6.44. The number of rotatable bonds is 1. The smallest absolute Gasteiger partial charge is 0.322 e. The summed E-state index contributed by atoms with van der Waals surface area (Å²) in [6.45, 7) is 6.41. The van der Waals surface area contributed by atoms with Crippen LogP contribution in [0.15, 0.2) is 35.3 Å².